The van der Waals surface area contributed by atoms with Gasteiger partial charge in [-0.15, -0.1) is 11.3 Å². The van der Waals surface area contributed by atoms with Crippen molar-refractivity contribution < 1.29 is 0 Å². The zero-order valence-electron chi connectivity index (χ0n) is 7.25. The molecule has 4 heteroatoms. The second-order valence-corrected chi connectivity index (χ2v) is 4.87. The monoisotopic (exact) mass is 266 g/mol. The molecule has 0 spiro atoms. The van der Waals surface area contributed by atoms with Crippen molar-refractivity contribution in [2.45, 2.75) is 6.42 Å². The molecule has 70 valence electrons. The lowest BCUT2D eigenvalue weighted by Gasteiger charge is -2.00. The molecule has 0 unspecified atom stereocenters. The molecule has 0 atom stereocenters. The number of thiophene rings is 1. The van der Waals surface area contributed by atoms with Gasteiger partial charge in [-0.2, -0.15) is 5.26 Å². The molecule has 0 saturated carbocycles. The van der Waals surface area contributed by atoms with E-state index in [0.717, 1.165) is 25.1 Å². The second kappa shape index (κ2) is 3.60. The van der Waals surface area contributed by atoms with Crippen LogP contribution in [0.3, 0.4) is 0 Å². The Morgan fingerprint density at radius 3 is 3.00 bits per heavy atom. The highest BCUT2D eigenvalue weighted by Crippen LogP contribution is 2.34. The maximum absolute atomic E-state index is 8.71. The van der Waals surface area contributed by atoms with Crippen LogP contribution in [0.2, 0.25) is 0 Å². The summed E-state index contributed by atoms with van der Waals surface area (Å²) < 4.78 is 2.09. The Morgan fingerprint density at radius 1 is 1.50 bits per heavy atom. The highest BCUT2D eigenvalue weighted by Gasteiger charge is 2.08. The van der Waals surface area contributed by atoms with E-state index in [4.69, 9.17) is 11.0 Å². The minimum Gasteiger partial charge on any atom is -0.391 e. The fourth-order valence-corrected chi connectivity index (χ4v) is 2.97. The SMILES string of the molecule is N#CCc1c(Br)ccc2cc(N)sc12. The molecule has 2 nitrogen and oxygen atoms in total. The van der Waals surface area contributed by atoms with Crippen LogP contribution >= 0.6 is 27.3 Å². The van der Waals surface area contributed by atoms with Crippen LogP contribution in [0.4, 0.5) is 5.00 Å². The summed E-state index contributed by atoms with van der Waals surface area (Å²) in [4.78, 5) is 0. The number of hydrogen-bond acceptors (Lipinski definition) is 3. The van der Waals surface area contributed by atoms with Crippen LogP contribution < -0.4 is 5.73 Å². The number of nitrogens with two attached hydrogens (primary N) is 1. The van der Waals surface area contributed by atoms with E-state index >= 15 is 0 Å². The van der Waals surface area contributed by atoms with Crippen LogP contribution in [0.15, 0.2) is 22.7 Å². The fourth-order valence-electron chi connectivity index (χ4n) is 1.40. The largest absolute Gasteiger partial charge is 0.391 e. The number of nitriles is 1. The maximum atomic E-state index is 8.71. The Bertz CT molecular complexity index is 525. The van der Waals surface area contributed by atoms with Gasteiger partial charge in [0, 0.05) is 9.17 Å². The normalized spacial score (nSPS) is 10.3. The molecule has 0 saturated heterocycles. The lowest BCUT2D eigenvalue weighted by Crippen LogP contribution is -1.83. The average Bonchev–Trinajstić information content (AvgIpc) is 2.51. The molecule has 2 aromatic rings. The van der Waals surface area contributed by atoms with Gasteiger partial charge in [0.1, 0.15) is 0 Å². The van der Waals surface area contributed by atoms with Crippen LogP contribution in [0.1, 0.15) is 5.56 Å². The molecule has 2 N–H and O–H groups in total. The first-order valence-electron chi connectivity index (χ1n) is 4.05. The van der Waals surface area contributed by atoms with Gasteiger partial charge in [-0.05, 0) is 23.1 Å². The molecule has 0 aliphatic carbocycles. The second-order valence-electron chi connectivity index (χ2n) is 2.93. The number of nitrogens with zero attached hydrogens (tertiary/aromatic N) is 1. The summed E-state index contributed by atoms with van der Waals surface area (Å²) in [5.74, 6) is 0. The summed E-state index contributed by atoms with van der Waals surface area (Å²) in [5.41, 5.74) is 6.76. The Hall–Kier alpha value is -1.05. The summed E-state index contributed by atoms with van der Waals surface area (Å²) in [6, 6.07) is 8.07. The predicted molar refractivity (Wildman–Crippen MR) is 63.3 cm³/mol. The third kappa shape index (κ3) is 1.49. The first-order valence-corrected chi connectivity index (χ1v) is 5.66. The summed E-state index contributed by atoms with van der Waals surface area (Å²) in [6.07, 6.45) is 0.415. The smallest absolute Gasteiger partial charge is 0.0868 e. The number of hydrogen-bond donors (Lipinski definition) is 1. The molecule has 0 fully saturated rings. The van der Waals surface area contributed by atoms with Gasteiger partial charge in [0.2, 0.25) is 0 Å². The van der Waals surface area contributed by atoms with E-state index in [2.05, 4.69) is 22.0 Å². The van der Waals surface area contributed by atoms with Crippen molar-refractivity contribution in [3.63, 3.8) is 0 Å². The molecule has 0 aliphatic rings. The third-order valence-corrected chi connectivity index (χ3v) is 3.79. The van der Waals surface area contributed by atoms with Crippen molar-refractivity contribution in [1.82, 2.24) is 0 Å². The van der Waals surface area contributed by atoms with Gasteiger partial charge in [-0.3, -0.25) is 0 Å². The van der Waals surface area contributed by atoms with Gasteiger partial charge in [0.25, 0.3) is 0 Å². The van der Waals surface area contributed by atoms with Gasteiger partial charge >= 0.3 is 0 Å². The van der Waals surface area contributed by atoms with Crippen molar-refractivity contribution in [2.75, 3.05) is 5.73 Å². The lowest BCUT2D eigenvalue weighted by atomic mass is 10.1. The highest BCUT2D eigenvalue weighted by molar-refractivity contribution is 9.10. The van der Waals surface area contributed by atoms with Crippen molar-refractivity contribution in [2.24, 2.45) is 0 Å². The number of rotatable bonds is 1. The summed E-state index contributed by atoms with van der Waals surface area (Å²) in [7, 11) is 0. The molecule has 0 radical (unpaired) electrons. The molecule has 0 amide bonds. The molecule has 0 aliphatic heterocycles. The predicted octanol–water partition coefficient (Wildman–Crippen LogP) is 3.31. The Kier molecular flexibility index (Phi) is 2.44. The summed E-state index contributed by atoms with van der Waals surface area (Å²) in [6.45, 7) is 0. The van der Waals surface area contributed by atoms with Crippen molar-refractivity contribution in [3.8, 4) is 6.07 Å². The van der Waals surface area contributed by atoms with Crippen LogP contribution in [0, 0.1) is 11.3 Å². The maximum Gasteiger partial charge on any atom is 0.0868 e. The van der Waals surface area contributed by atoms with E-state index in [1.165, 1.54) is 11.3 Å². The minimum absolute atomic E-state index is 0.415. The number of halogens is 1. The average molecular weight is 267 g/mol. The fraction of sp³-hybridized carbons (Fsp3) is 0.100. The zero-order valence-corrected chi connectivity index (χ0v) is 9.65. The van der Waals surface area contributed by atoms with Crippen LogP contribution in [-0.2, 0) is 6.42 Å². The Balaban J connectivity index is 2.76. The van der Waals surface area contributed by atoms with E-state index in [1.54, 1.807) is 0 Å². The Labute approximate surface area is 94.1 Å². The molecule has 1 aromatic carbocycles. The van der Waals surface area contributed by atoms with Gasteiger partial charge in [0.15, 0.2) is 0 Å². The van der Waals surface area contributed by atoms with E-state index in [-0.39, 0.29) is 0 Å². The standard InChI is InChI=1S/C10H7BrN2S/c11-8-2-1-6-5-9(13)14-10(6)7(8)3-4-12/h1-2,5H,3,13H2. The zero-order chi connectivity index (χ0) is 10.1. The minimum atomic E-state index is 0.415. The van der Waals surface area contributed by atoms with Gasteiger partial charge in [-0.25, -0.2) is 0 Å². The Morgan fingerprint density at radius 2 is 2.29 bits per heavy atom. The number of benzene rings is 1. The number of fused-ring (bicyclic) bond motifs is 1. The van der Waals surface area contributed by atoms with E-state index in [0.29, 0.717) is 6.42 Å². The van der Waals surface area contributed by atoms with Crippen molar-refractivity contribution >= 4 is 42.4 Å². The molecule has 14 heavy (non-hydrogen) atoms. The summed E-state index contributed by atoms with van der Waals surface area (Å²) in [5, 5.41) is 10.6. The van der Waals surface area contributed by atoms with Gasteiger partial charge in [0.05, 0.1) is 17.5 Å². The van der Waals surface area contributed by atoms with Gasteiger partial charge < -0.3 is 5.73 Å². The topological polar surface area (TPSA) is 49.8 Å². The van der Waals surface area contributed by atoms with Crippen molar-refractivity contribution in [3.05, 3.63) is 28.2 Å². The van der Waals surface area contributed by atoms with Gasteiger partial charge in [-0.1, -0.05) is 22.0 Å². The first kappa shape index (κ1) is 9.50. The van der Waals surface area contributed by atoms with E-state index in [9.17, 15) is 0 Å². The molecule has 1 heterocycles. The quantitative estimate of drug-likeness (QED) is 0.861. The van der Waals surface area contributed by atoms with Crippen LogP contribution in [-0.4, -0.2) is 0 Å². The lowest BCUT2D eigenvalue weighted by molar-refractivity contribution is 1.28. The van der Waals surface area contributed by atoms with Crippen molar-refractivity contribution in [1.29, 1.82) is 5.26 Å². The molecule has 1 aromatic heterocycles. The van der Waals surface area contributed by atoms with E-state index in [1.807, 2.05) is 18.2 Å². The van der Waals surface area contributed by atoms with Crippen LogP contribution in [0.25, 0.3) is 10.1 Å². The molecule has 0 bridgehead atoms. The molecule has 2 rings (SSSR count). The number of anilines is 1. The first-order chi connectivity index (χ1) is 6.72. The van der Waals surface area contributed by atoms with E-state index < -0.39 is 0 Å². The number of nitrogen functional groups attached to an aromatic ring is 1. The molecular formula is C10H7BrN2S. The third-order valence-electron chi connectivity index (χ3n) is 2.01. The highest BCUT2D eigenvalue weighted by atomic mass is 79.9. The summed E-state index contributed by atoms with van der Waals surface area (Å²) >= 11 is 4.97. The van der Waals surface area contributed by atoms with Crippen LogP contribution in [0.5, 0.6) is 0 Å². The molecular weight excluding hydrogens is 260 g/mol.